The van der Waals surface area contributed by atoms with Gasteiger partial charge in [-0.15, -0.1) is 0 Å². The first-order chi connectivity index (χ1) is 12.1. The number of aliphatic hydroxyl groups excluding tert-OH is 1. The van der Waals surface area contributed by atoms with Gasteiger partial charge in [-0.05, 0) is 50.9 Å². The maximum absolute atomic E-state index is 12.9. The van der Waals surface area contributed by atoms with Crippen molar-refractivity contribution in [2.75, 3.05) is 13.2 Å². The molecule has 1 aromatic rings. The van der Waals surface area contributed by atoms with Crippen LogP contribution in [0.1, 0.15) is 99.6 Å². The third-order valence-electron chi connectivity index (χ3n) is 6.23. The molecule has 5 nitrogen and oxygen atoms in total. The van der Waals surface area contributed by atoms with Crippen LogP contribution in [-0.4, -0.2) is 33.9 Å². The number of rotatable bonds is 8. The number of hydrogen-bond acceptors (Lipinski definition) is 3. The molecule has 1 heterocycles. The molecule has 0 aromatic carbocycles. The molecule has 2 aliphatic carbocycles. The second-order valence-corrected chi connectivity index (χ2v) is 8.14. The molecule has 0 spiro atoms. The highest BCUT2D eigenvalue weighted by atomic mass is 16.3. The number of aromatic nitrogens is 2. The van der Waals surface area contributed by atoms with Crippen molar-refractivity contribution in [3.05, 3.63) is 17.5 Å². The van der Waals surface area contributed by atoms with Gasteiger partial charge in [0.25, 0.3) is 5.91 Å². The fourth-order valence-corrected chi connectivity index (χ4v) is 4.25. The summed E-state index contributed by atoms with van der Waals surface area (Å²) >= 11 is 0. The smallest absolute Gasteiger partial charge is 0.254 e. The molecule has 1 unspecified atom stereocenters. The van der Waals surface area contributed by atoms with E-state index in [1.807, 2.05) is 0 Å². The molecule has 0 aliphatic heterocycles. The summed E-state index contributed by atoms with van der Waals surface area (Å²) in [5.74, 6) is 0.512. The van der Waals surface area contributed by atoms with Crippen molar-refractivity contribution in [2.24, 2.45) is 5.41 Å². The average molecular weight is 348 g/mol. The molecular weight excluding hydrogens is 314 g/mol. The van der Waals surface area contributed by atoms with Gasteiger partial charge in [0.1, 0.15) is 0 Å². The SMILES string of the molecule is CCC(C)n1ncc(C(=O)NCC2(CCO)CCCCC2)c1C1CC1. The molecule has 1 aromatic heterocycles. The van der Waals surface area contributed by atoms with Crippen LogP contribution in [0.25, 0.3) is 0 Å². The maximum atomic E-state index is 12.9. The summed E-state index contributed by atoms with van der Waals surface area (Å²) in [5, 5.41) is 17.2. The Balaban J connectivity index is 1.71. The van der Waals surface area contributed by atoms with Gasteiger partial charge in [0.05, 0.1) is 17.5 Å². The second kappa shape index (κ2) is 7.90. The molecule has 140 valence electrons. The van der Waals surface area contributed by atoms with Gasteiger partial charge in [-0.3, -0.25) is 9.48 Å². The zero-order chi connectivity index (χ0) is 17.9. The Morgan fingerprint density at radius 1 is 1.40 bits per heavy atom. The van der Waals surface area contributed by atoms with Crippen molar-refractivity contribution in [3.8, 4) is 0 Å². The van der Waals surface area contributed by atoms with Crippen molar-refractivity contribution in [2.45, 2.75) is 83.6 Å². The van der Waals surface area contributed by atoms with E-state index < -0.39 is 0 Å². The molecule has 5 heteroatoms. The molecule has 2 aliphatic rings. The van der Waals surface area contributed by atoms with E-state index in [-0.39, 0.29) is 17.9 Å². The normalized spacial score (nSPS) is 21.1. The molecule has 2 N–H and O–H groups in total. The Morgan fingerprint density at radius 3 is 2.72 bits per heavy atom. The predicted octanol–water partition coefficient (Wildman–Crippen LogP) is 3.79. The Morgan fingerprint density at radius 2 is 2.12 bits per heavy atom. The van der Waals surface area contributed by atoms with Crippen molar-refractivity contribution < 1.29 is 9.90 Å². The van der Waals surface area contributed by atoms with Crippen molar-refractivity contribution >= 4 is 5.91 Å². The Bertz CT molecular complexity index is 580. The minimum atomic E-state index is 0.0133. The molecule has 0 bridgehead atoms. The highest BCUT2D eigenvalue weighted by Crippen LogP contribution is 2.43. The lowest BCUT2D eigenvalue weighted by Gasteiger charge is -2.37. The minimum absolute atomic E-state index is 0.0133. The zero-order valence-corrected chi connectivity index (χ0v) is 15.8. The average Bonchev–Trinajstić information content (AvgIpc) is 3.38. The fraction of sp³-hybridized carbons (Fsp3) is 0.800. The summed E-state index contributed by atoms with van der Waals surface area (Å²) in [7, 11) is 0. The van der Waals surface area contributed by atoms with Gasteiger partial charge in [-0.2, -0.15) is 5.10 Å². The first kappa shape index (κ1) is 18.4. The molecule has 25 heavy (non-hydrogen) atoms. The summed E-state index contributed by atoms with van der Waals surface area (Å²) in [6, 6.07) is 0.330. The zero-order valence-electron chi connectivity index (χ0n) is 15.8. The molecule has 0 radical (unpaired) electrons. The number of aliphatic hydroxyl groups is 1. The van der Waals surface area contributed by atoms with Crippen LogP contribution in [0.15, 0.2) is 6.20 Å². The first-order valence-electron chi connectivity index (χ1n) is 10.1. The van der Waals surface area contributed by atoms with E-state index in [0.29, 0.717) is 18.5 Å². The van der Waals surface area contributed by atoms with Gasteiger partial charge in [0.2, 0.25) is 0 Å². The predicted molar refractivity (Wildman–Crippen MR) is 98.8 cm³/mol. The van der Waals surface area contributed by atoms with E-state index in [1.54, 1.807) is 6.20 Å². The molecule has 3 rings (SSSR count). The van der Waals surface area contributed by atoms with Crippen LogP contribution in [0.4, 0.5) is 0 Å². The number of carbonyl (C=O) groups is 1. The number of nitrogens with zero attached hydrogens (tertiary/aromatic N) is 2. The van der Waals surface area contributed by atoms with E-state index >= 15 is 0 Å². The van der Waals surface area contributed by atoms with E-state index in [1.165, 1.54) is 19.3 Å². The second-order valence-electron chi connectivity index (χ2n) is 8.14. The molecule has 2 saturated carbocycles. The monoisotopic (exact) mass is 347 g/mol. The van der Waals surface area contributed by atoms with E-state index in [4.69, 9.17) is 0 Å². The van der Waals surface area contributed by atoms with Crippen LogP contribution in [0.5, 0.6) is 0 Å². The third-order valence-corrected chi connectivity index (χ3v) is 6.23. The largest absolute Gasteiger partial charge is 0.396 e. The Labute approximate surface area is 151 Å². The Hall–Kier alpha value is -1.36. The molecule has 1 amide bonds. The van der Waals surface area contributed by atoms with Crippen LogP contribution in [-0.2, 0) is 0 Å². The van der Waals surface area contributed by atoms with Crippen LogP contribution in [0, 0.1) is 5.41 Å². The maximum Gasteiger partial charge on any atom is 0.254 e. The number of carbonyl (C=O) groups excluding carboxylic acids is 1. The minimum Gasteiger partial charge on any atom is -0.396 e. The van der Waals surface area contributed by atoms with Gasteiger partial charge in [0, 0.05) is 25.1 Å². The fourth-order valence-electron chi connectivity index (χ4n) is 4.25. The van der Waals surface area contributed by atoms with Gasteiger partial charge >= 0.3 is 0 Å². The summed E-state index contributed by atoms with van der Waals surface area (Å²) in [4.78, 5) is 12.9. The third kappa shape index (κ3) is 4.08. The van der Waals surface area contributed by atoms with Crippen molar-refractivity contribution in [1.82, 2.24) is 15.1 Å². The van der Waals surface area contributed by atoms with Crippen molar-refractivity contribution in [3.63, 3.8) is 0 Å². The van der Waals surface area contributed by atoms with Crippen LogP contribution in [0.2, 0.25) is 0 Å². The summed E-state index contributed by atoms with van der Waals surface area (Å²) in [6.07, 6.45) is 11.8. The summed E-state index contributed by atoms with van der Waals surface area (Å²) in [5.41, 5.74) is 1.97. The van der Waals surface area contributed by atoms with E-state index in [9.17, 15) is 9.90 Å². The molecule has 1 atom stereocenters. The van der Waals surface area contributed by atoms with Crippen LogP contribution >= 0.6 is 0 Å². The number of hydrogen-bond donors (Lipinski definition) is 2. The van der Waals surface area contributed by atoms with Crippen LogP contribution < -0.4 is 5.32 Å². The topological polar surface area (TPSA) is 67.2 Å². The van der Waals surface area contributed by atoms with Crippen LogP contribution in [0.3, 0.4) is 0 Å². The molecular formula is C20H33N3O2. The van der Waals surface area contributed by atoms with E-state index in [0.717, 1.165) is 49.8 Å². The van der Waals surface area contributed by atoms with Crippen molar-refractivity contribution in [1.29, 1.82) is 0 Å². The lowest BCUT2D eigenvalue weighted by atomic mass is 9.72. The molecule has 0 saturated heterocycles. The quantitative estimate of drug-likeness (QED) is 0.752. The standard InChI is InChI=1S/C20H33N3O2/c1-3-15(2)23-18(16-7-8-16)17(13-22-23)19(25)21-14-20(11-12-24)9-5-4-6-10-20/h13,15-16,24H,3-12,14H2,1-2H3,(H,21,25). The van der Waals surface area contributed by atoms with Gasteiger partial charge in [-0.25, -0.2) is 0 Å². The molecule has 2 fully saturated rings. The van der Waals surface area contributed by atoms with Gasteiger partial charge < -0.3 is 10.4 Å². The van der Waals surface area contributed by atoms with Gasteiger partial charge in [-0.1, -0.05) is 26.2 Å². The number of amides is 1. The lowest BCUT2D eigenvalue weighted by Crippen LogP contribution is -2.39. The highest BCUT2D eigenvalue weighted by Gasteiger charge is 2.35. The highest BCUT2D eigenvalue weighted by molar-refractivity contribution is 5.95. The van der Waals surface area contributed by atoms with E-state index in [2.05, 4.69) is 28.9 Å². The van der Waals surface area contributed by atoms with Gasteiger partial charge in [0.15, 0.2) is 0 Å². The summed E-state index contributed by atoms with van der Waals surface area (Å²) in [6.45, 7) is 5.20. The lowest BCUT2D eigenvalue weighted by molar-refractivity contribution is 0.0868. The first-order valence-corrected chi connectivity index (χ1v) is 10.1. The summed E-state index contributed by atoms with van der Waals surface area (Å²) < 4.78 is 2.07. The number of nitrogens with one attached hydrogen (secondary N) is 1. The Kier molecular flexibility index (Phi) is 5.82.